The van der Waals surface area contributed by atoms with Gasteiger partial charge in [0.1, 0.15) is 0 Å². The van der Waals surface area contributed by atoms with Gasteiger partial charge in [-0.25, -0.2) is 0 Å². The van der Waals surface area contributed by atoms with Gasteiger partial charge in [0.25, 0.3) is 0 Å². The molecule has 1 amide bonds. The Morgan fingerprint density at radius 2 is 1.79 bits per heavy atom. The summed E-state index contributed by atoms with van der Waals surface area (Å²) in [5.41, 5.74) is 2.75. The van der Waals surface area contributed by atoms with Gasteiger partial charge in [-0.3, -0.25) is 9.59 Å². The number of carbonyl (C=O) groups is 2. The molecule has 1 heterocycles. The van der Waals surface area contributed by atoms with E-state index >= 15 is 0 Å². The number of benzene rings is 1. The zero-order valence-electron chi connectivity index (χ0n) is 14.5. The Balaban J connectivity index is 1.74. The molecule has 0 bridgehead atoms. The Morgan fingerprint density at radius 3 is 2.33 bits per heavy atom. The van der Waals surface area contributed by atoms with E-state index in [1.54, 1.807) is 0 Å². The van der Waals surface area contributed by atoms with Gasteiger partial charge in [0, 0.05) is 13.1 Å². The van der Waals surface area contributed by atoms with Crippen LogP contribution in [0.15, 0.2) is 24.3 Å². The second-order valence-electron chi connectivity index (χ2n) is 6.81. The summed E-state index contributed by atoms with van der Waals surface area (Å²) in [6.07, 6.45) is 3.14. The van der Waals surface area contributed by atoms with Crippen LogP contribution < -0.4 is 0 Å². The number of hydrogen-bond acceptors (Lipinski definition) is 3. The highest BCUT2D eigenvalue weighted by atomic mass is 32.2. The molecular weight excluding hydrogens is 322 g/mol. The number of nitrogens with zero attached hydrogens (tertiary/aromatic N) is 1. The number of thioether (sulfide) groups is 1. The lowest BCUT2D eigenvalue weighted by molar-refractivity contribution is -0.133. The SMILES string of the molecule is CC(C)c1ccc(CC2CCN(C(=O)CSCC(=O)O)CC2)cc1. The van der Waals surface area contributed by atoms with Crippen LogP contribution in [0.1, 0.15) is 43.7 Å². The fourth-order valence-corrected chi connectivity index (χ4v) is 3.71. The zero-order chi connectivity index (χ0) is 17.5. The van der Waals surface area contributed by atoms with Crippen molar-refractivity contribution in [2.24, 2.45) is 5.92 Å². The number of hydrogen-bond donors (Lipinski definition) is 1. The van der Waals surface area contributed by atoms with Crippen molar-refractivity contribution in [2.45, 2.75) is 39.0 Å². The molecule has 1 aromatic rings. The van der Waals surface area contributed by atoms with E-state index in [1.807, 2.05) is 4.90 Å². The molecule has 24 heavy (non-hydrogen) atoms. The lowest BCUT2D eigenvalue weighted by atomic mass is 9.89. The summed E-state index contributed by atoms with van der Waals surface area (Å²) in [5.74, 6) is 0.663. The monoisotopic (exact) mass is 349 g/mol. The summed E-state index contributed by atoms with van der Waals surface area (Å²) >= 11 is 1.18. The number of piperidine rings is 1. The standard InChI is InChI=1S/C19H27NO3S/c1-14(2)17-5-3-15(4-6-17)11-16-7-9-20(10-8-16)18(21)12-24-13-19(22)23/h3-6,14,16H,7-13H2,1-2H3,(H,22,23). The van der Waals surface area contributed by atoms with Gasteiger partial charge in [-0.15, -0.1) is 11.8 Å². The van der Waals surface area contributed by atoms with Gasteiger partial charge in [0.15, 0.2) is 0 Å². The smallest absolute Gasteiger partial charge is 0.313 e. The maximum atomic E-state index is 12.1. The average molecular weight is 349 g/mol. The molecule has 1 saturated heterocycles. The van der Waals surface area contributed by atoms with E-state index in [4.69, 9.17) is 5.11 Å². The zero-order valence-corrected chi connectivity index (χ0v) is 15.3. The van der Waals surface area contributed by atoms with E-state index in [0.29, 0.717) is 11.8 Å². The summed E-state index contributed by atoms with van der Waals surface area (Å²) in [6, 6.07) is 8.90. The molecule has 132 valence electrons. The predicted molar refractivity (Wildman–Crippen MR) is 98.5 cm³/mol. The molecule has 0 saturated carbocycles. The fraction of sp³-hybridized carbons (Fsp3) is 0.579. The Kier molecular flexibility index (Phi) is 7.16. The molecule has 0 aliphatic carbocycles. The fourth-order valence-electron chi connectivity index (χ4n) is 3.08. The first kappa shape index (κ1) is 18.8. The largest absolute Gasteiger partial charge is 0.481 e. The minimum atomic E-state index is -0.866. The molecule has 4 nitrogen and oxygen atoms in total. The van der Waals surface area contributed by atoms with E-state index in [9.17, 15) is 9.59 Å². The first-order valence-electron chi connectivity index (χ1n) is 8.62. The van der Waals surface area contributed by atoms with Crippen LogP contribution in [0.5, 0.6) is 0 Å². The first-order chi connectivity index (χ1) is 11.5. The third kappa shape index (κ3) is 5.86. The summed E-state index contributed by atoms with van der Waals surface area (Å²) < 4.78 is 0. The van der Waals surface area contributed by atoms with Crippen LogP contribution >= 0.6 is 11.8 Å². The van der Waals surface area contributed by atoms with Gasteiger partial charge in [-0.2, -0.15) is 0 Å². The van der Waals surface area contributed by atoms with Gasteiger partial charge in [0.2, 0.25) is 5.91 Å². The van der Waals surface area contributed by atoms with Gasteiger partial charge in [-0.1, -0.05) is 38.1 Å². The van der Waals surface area contributed by atoms with Crippen LogP contribution in [0.2, 0.25) is 0 Å². The van der Waals surface area contributed by atoms with E-state index in [1.165, 1.54) is 22.9 Å². The van der Waals surface area contributed by atoms with Gasteiger partial charge < -0.3 is 10.0 Å². The molecule has 2 rings (SSSR count). The summed E-state index contributed by atoms with van der Waals surface area (Å²) in [5, 5.41) is 8.61. The molecule has 0 atom stereocenters. The first-order valence-corrected chi connectivity index (χ1v) is 9.77. The predicted octanol–water partition coefficient (Wildman–Crippen LogP) is 3.41. The van der Waals surface area contributed by atoms with Crippen molar-refractivity contribution in [3.8, 4) is 0 Å². The van der Waals surface area contributed by atoms with Crippen molar-refractivity contribution in [3.63, 3.8) is 0 Å². The van der Waals surface area contributed by atoms with Crippen molar-refractivity contribution < 1.29 is 14.7 Å². The number of carboxylic acid groups (broad SMARTS) is 1. The molecule has 0 unspecified atom stereocenters. The Morgan fingerprint density at radius 1 is 1.17 bits per heavy atom. The lowest BCUT2D eigenvalue weighted by Crippen LogP contribution is -2.40. The third-order valence-electron chi connectivity index (χ3n) is 4.59. The molecule has 0 radical (unpaired) electrons. The van der Waals surface area contributed by atoms with Crippen LogP contribution in [0.25, 0.3) is 0 Å². The lowest BCUT2D eigenvalue weighted by Gasteiger charge is -2.32. The molecule has 1 aliphatic heterocycles. The highest BCUT2D eigenvalue weighted by Gasteiger charge is 2.23. The maximum Gasteiger partial charge on any atom is 0.313 e. The topological polar surface area (TPSA) is 57.6 Å². The molecule has 0 spiro atoms. The van der Waals surface area contributed by atoms with Crippen molar-refractivity contribution >= 4 is 23.6 Å². The number of likely N-dealkylation sites (tertiary alicyclic amines) is 1. The number of rotatable bonds is 7. The molecule has 1 fully saturated rings. The van der Waals surface area contributed by atoms with E-state index < -0.39 is 5.97 Å². The summed E-state index contributed by atoms with van der Waals surface area (Å²) in [7, 11) is 0. The maximum absolute atomic E-state index is 12.1. The minimum absolute atomic E-state index is 0.00538. The molecule has 1 aromatic carbocycles. The van der Waals surface area contributed by atoms with Crippen molar-refractivity contribution in [2.75, 3.05) is 24.6 Å². The number of carboxylic acids is 1. The molecule has 0 aromatic heterocycles. The Hall–Kier alpha value is -1.49. The number of amides is 1. The van der Waals surface area contributed by atoms with Crippen molar-refractivity contribution in [1.82, 2.24) is 4.90 Å². The van der Waals surface area contributed by atoms with Crippen LogP contribution in [-0.4, -0.2) is 46.5 Å². The summed E-state index contributed by atoms with van der Waals surface area (Å²) in [4.78, 5) is 24.4. The number of carbonyl (C=O) groups excluding carboxylic acids is 1. The van der Waals surface area contributed by atoms with Crippen LogP contribution in [-0.2, 0) is 16.0 Å². The van der Waals surface area contributed by atoms with E-state index in [0.717, 1.165) is 32.4 Å². The highest BCUT2D eigenvalue weighted by Crippen LogP contribution is 2.23. The molecule has 5 heteroatoms. The van der Waals surface area contributed by atoms with Crippen LogP contribution in [0.4, 0.5) is 0 Å². The second-order valence-corrected chi connectivity index (χ2v) is 7.80. The third-order valence-corrected chi connectivity index (χ3v) is 5.49. The van der Waals surface area contributed by atoms with Crippen molar-refractivity contribution in [1.29, 1.82) is 0 Å². The van der Waals surface area contributed by atoms with Gasteiger partial charge in [0.05, 0.1) is 11.5 Å². The second kappa shape index (κ2) is 9.11. The quantitative estimate of drug-likeness (QED) is 0.819. The highest BCUT2D eigenvalue weighted by molar-refractivity contribution is 8.00. The van der Waals surface area contributed by atoms with E-state index in [-0.39, 0.29) is 17.4 Å². The normalized spacial score (nSPS) is 15.7. The van der Waals surface area contributed by atoms with Crippen LogP contribution in [0.3, 0.4) is 0 Å². The van der Waals surface area contributed by atoms with E-state index in [2.05, 4.69) is 38.1 Å². The minimum Gasteiger partial charge on any atom is -0.481 e. The van der Waals surface area contributed by atoms with Crippen molar-refractivity contribution in [3.05, 3.63) is 35.4 Å². The Labute approximate surface area is 148 Å². The molecule has 1 N–H and O–H groups in total. The van der Waals surface area contributed by atoms with Gasteiger partial charge >= 0.3 is 5.97 Å². The number of aliphatic carboxylic acids is 1. The van der Waals surface area contributed by atoms with Crippen LogP contribution in [0, 0.1) is 5.92 Å². The summed E-state index contributed by atoms with van der Waals surface area (Å²) in [6.45, 7) is 6.00. The molecule has 1 aliphatic rings. The van der Waals surface area contributed by atoms with Gasteiger partial charge in [-0.05, 0) is 42.2 Å². The average Bonchev–Trinajstić information content (AvgIpc) is 2.55. The molecular formula is C19H27NO3S. The Bertz CT molecular complexity index is 548.